The molecule has 0 radical (unpaired) electrons. The molecule has 0 unspecified atom stereocenters. The maximum Gasteiger partial charge on any atom is 0.126 e. The van der Waals surface area contributed by atoms with E-state index in [1.165, 1.54) is 11.1 Å². The van der Waals surface area contributed by atoms with Crippen LogP contribution in [0.15, 0.2) is 65.8 Å². The van der Waals surface area contributed by atoms with Crippen LogP contribution in [0.2, 0.25) is 0 Å². The summed E-state index contributed by atoms with van der Waals surface area (Å²) in [4.78, 5) is 9.59. The molecule has 0 aliphatic rings. The highest BCUT2D eigenvalue weighted by Crippen LogP contribution is 2.27. The monoisotopic (exact) mass is 414 g/mol. The summed E-state index contributed by atoms with van der Waals surface area (Å²) in [5, 5.41) is 0. The third-order valence-electron chi connectivity index (χ3n) is 5.40. The summed E-state index contributed by atoms with van der Waals surface area (Å²) in [6.07, 6.45) is 5.17. The first-order valence-electron chi connectivity index (χ1n) is 11.3. The van der Waals surface area contributed by atoms with Gasteiger partial charge in [-0.2, -0.15) is 0 Å². The lowest BCUT2D eigenvalue weighted by atomic mass is 10.0. The van der Waals surface area contributed by atoms with Crippen molar-refractivity contribution < 1.29 is 4.74 Å². The minimum Gasteiger partial charge on any atom is -0.488 e. The molecule has 0 fully saturated rings. The van der Waals surface area contributed by atoms with E-state index in [0.29, 0.717) is 12.5 Å². The minimum atomic E-state index is 0.441. The number of rotatable bonds is 9. The van der Waals surface area contributed by atoms with Gasteiger partial charge in [0, 0.05) is 17.5 Å². The molecule has 0 aliphatic carbocycles. The number of aromatic nitrogens is 1. The zero-order valence-corrected chi connectivity index (χ0v) is 19.5. The van der Waals surface area contributed by atoms with Crippen LogP contribution in [0.1, 0.15) is 62.8 Å². The zero-order chi connectivity index (χ0) is 22.2. The third-order valence-corrected chi connectivity index (χ3v) is 5.40. The molecule has 3 rings (SSSR count). The predicted octanol–water partition coefficient (Wildman–Crippen LogP) is 7.83. The van der Waals surface area contributed by atoms with Crippen molar-refractivity contribution in [2.45, 2.75) is 59.8 Å². The molecule has 3 aromatic rings. The van der Waals surface area contributed by atoms with Crippen molar-refractivity contribution in [1.29, 1.82) is 0 Å². The third kappa shape index (κ3) is 6.52. The highest BCUT2D eigenvalue weighted by atomic mass is 16.5. The lowest BCUT2D eigenvalue weighted by molar-refractivity contribution is 0.373. The topological polar surface area (TPSA) is 34.5 Å². The van der Waals surface area contributed by atoms with Crippen molar-refractivity contribution >= 4 is 11.4 Å². The number of aliphatic imine (C=N–C) groups is 1. The molecular formula is C28H34N2O. The Morgan fingerprint density at radius 1 is 1.00 bits per heavy atom. The van der Waals surface area contributed by atoms with Gasteiger partial charge in [0.25, 0.3) is 0 Å². The smallest absolute Gasteiger partial charge is 0.126 e. The van der Waals surface area contributed by atoms with Crippen molar-refractivity contribution in [3.8, 4) is 16.9 Å². The number of aryl methyl sites for hydroxylation is 2. The van der Waals surface area contributed by atoms with Crippen molar-refractivity contribution in [2.24, 2.45) is 4.99 Å². The van der Waals surface area contributed by atoms with Gasteiger partial charge < -0.3 is 4.74 Å². The molecule has 162 valence electrons. The Bertz CT molecular complexity index is 1020. The Kier molecular flexibility index (Phi) is 8.00. The molecule has 1 heterocycles. The van der Waals surface area contributed by atoms with Gasteiger partial charge in [0.15, 0.2) is 0 Å². The molecule has 0 saturated carbocycles. The van der Waals surface area contributed by atoms with Crippen LogP contribution >= 0.6 is 0 Å². The summed E-state index contributed by atoms with van der Waals surface area (Å²) in [6, 6.07) is 18.9. The van der Waals surface area contributed by atoms with Crippen LogP contribution in [0.25, 0.3) is 11.1 Å². The fourth-order valence-corrected chi connectivity index (χ4v) is 3.46. The molecule has 31 heavy (non-hydrogen) atoms. The van der Waals surface area contributed by atoms with Gasteiger partial charge in [-0.25, -0.2) is 0 Å². The van der Waals surface area contributed by atoms with Crippen LogP contribution in [-0.4, -0.2) is 17.3 Å². The van der Waals surface area contributed by atoms with Gasteiger partial charge in [0.1, 0.15) is 12.4 Å². The van der Waals surface area contributed by atoms with Crippen LogP contribution in [-0.2, 0) is 0 Å². The number of ether oxygens (including phenoxy) is 1. The molecule has 2 aromatic carbocycles. The van der Waals surface area contributed by atoms with Crippen molar-refractivity contribution in [1.82, 2.24) is 4.98 Å². The van der Waals surface area contributed by atoms with Crippen LogP contribution in [0.5, 0.6) is 5.75 Å². The van der Waals surface area contributed by atoms with Crippen molar-refractivity contribution in [2.75, 3.05) is 6.61 Å². The molecule has 3 nitrogen and oxygen atoms in total. The van der Waals surface area contributed by atoms with Crippen LogP contribution < -0.4 is 4.74 Å². The van der Waals surface area contributed by atoms with E-state index in [1.807, 2.05) is 18.3 Å². The summed E-state index contributed by atoms with van der Waals surface area (Å²) < 4.78 is 6.04. The molecule has 0 atom stereocenters. The normalized spacial score (nSPS) is 11.7. The number of hydrogen-bond acceptors (Lipinski definition) is 3. The van der Waals surface area contributed by atoms with Gasteiger partial charge in [-0.1, -0.05) is 51.5 Å². The lowest BCUT2D eigenvalue weighted by Crippen LogP contribution is -2.11. The molecule has 0 N–H and O–H groups in total. The molecule has 0 saturated heterocycles. The summed E-state index contributed by atoms with van der Waals surface area (Å²) in [6.45, 7) is 11.3. The number of hydrogen-bond donors (Lipinski definition) is 0. The highest BCUT2D eigenvalue weighted by Gasteiger charge is 2.07. The molecule has 0 bridgehead atoms. The van der Waals surface area contributed by atoms with Crippen molar-refractivity contribution in [3.63, 3.8) is 0 Å². The largest absolute Gasteiger partial charge is 0.488 e. The second kappa shape index (κ2) is 10.9. The average molecular weight is 415 g/mol. The minimum absolute atomic E-state index is 0.441. The van der Waals surface area contributed by atoms with Crippen molar-refractivity contribution in [3.05, 3.63) is 77.6 Å². The van der Waals surface area contributed by atoms with Gasteiger partial charge in [0.2, 0.25) is 0 Å². The van der Waals surface area contributed by atoms with E-state index in [0.717, 1.165) is 53.2 Å². The van der Waals surface area contributed by atoms with Crippen LogP contribution in [0.3, 0.4) is 0 Å². The molecule has 1 aromatic heterocycles. The standard InChI is InChI=1S/C28H34N2O/c1-6-7-10-25(19-31-26-11-8-9-21(4)16-26)30-28-15-12-23(17-22(28)5)24-13-14-27(20(2)3)29-18-24/h8-9,11-18,20H,6-7,10,19H2,1-5H3. The predicted molar refractivity (Wildman–Crippen MR) is 132 cm³/mol. The second-order valence-electron chi connectivity index (χ2n) is 8.51. The number of unbranched alkanes of at least 4 members (excludes halogenated alkanes) is 1. The summed E-state index contributed by atoms with van der Waals surface area (Å²) in [5.74, 6) is 1.34. The van der Waals surface area contributed by atoms with Crippen LogP contribution in [0.4, 0.5) is 5.69 Å². The Labute approximate surface area is 187 Å². The Morgan fingerprint density at radius 3 is 2.45 bits per heavy atom. The maximum atomic E-state index is 6.04. The first-order valence-corrected chi connectivity index (χ1v) is 11.3. The van der Waals surface area contributed by atoms with E-state index < -0.39 is 0 Å². The summed E-state index contributed by atoms with van der Waals surface area (Å²) >= 11 is 0. The van der Waals surface area contributed by atoms with Gasteiger partial charge in [-0.05, 0) is 79.6 Å². The first-order chi connectivity index (χ1) is 15.0. The summed E-state index contributed by atoms with van der Waals surface area (Å²) in [5.41, 5.74) is 7.89. The molecule has 3 heteroatoms. The van der Waals surface area contributed by atoms with E-state index in [9.17, 15) is 0 Å². The zero-order valence-electron chi connectivity index (χ0n) is 19.5. The Hall–Kier alpha value is -2.94. The molecule has 0 spiro atoms. The SMILES string of the molecule is CCCCC(COc1cccc(C)c1)=Nc1ccc(-c2ccc(C(C)C)nc2)cc1C. The average Bonchev–Trinajstić information content (AvgIpc) is 2.77. The number of benzene rings is 2. The summed E-state index contributed by atoms with van der Waals surface area (Å²) in [7, 11) is 0. The fraction of sp³-hybridized carbons (Fsp3) is 0.357. The molecular weight excluding hydrogens is 380 g/mol. The Balaban J connectivity index is 1.78. The lowest BCUT2D eigenvalue weighted by Gasteiger charge is -2.12. The van der Waals surface area contributed by atoms with E-state index >= 15 is 0 Å². The highest BCUT2D eigenvalue weighted by molar-refractivity contribution is 5.89. The molecule has 0 amide bonds. The van der Waals surface area contributed by atoms with Crippen LogP contribution in [0, 0.1) is 13.8 Å². The fourth-order valence-electron chi connectivity index (χ4n) is 3.46. The van der Waals surface area contributed by atoms with E-state index in [4.69, 9.17) is 9.73 Å². The number of pyridine rings is 1. The first kappa shape index (κ1) is 22.7. The van der Waals surface area contributed by atoms with Gasteiger partial charge in [0.05, 0.1) is 11.4 Å². The van der Waals surface area contributed by atoms with Gasteiger partial charge >= 0.3 is 0 Å². The molecule has 0 aliphatic heterocycles. The quantitative estimate of drug-likeness (QED) is 0.334. The van der Waals surface area contributed by atoms with Gasteiger partial charge in [-0.15, -0.1) is 0 Å². The van der Waals surface area contributed by atoms with E-state index in [1.54, 1.807) is 0 Å². The Morgan fingerprint density at radius 2 is 1.81 bits per heavy atom. The van der Waals surface area contributed by atoms with Gasteiger partial charge in [-0.3, -0.25) is 9.98 Å². The second-order valence-corrected chi connectivity index (χ2v) is 8.51. The maximum absolute atomic E-state index is 6.04. The number of nitrogens with zero attached hydrogens (tertiary/aromatic N) is 2. The van der Waals surface area contributed by atoms with E-state index in [-0.39, 0.29) is 0 Å². The van der Waals surface area contributed by atoms with E-state index in [2.05, 4.69) is 82.1 Å².